The molecule has 3 fully saturated rings. The normalized spacial score (nSPS) is 24.8. The third kappa shape index (κ3) is 3.28. The molecular formula is C20H25ClN8OS. The predicted octanol–water partition coefficient (Wildman–Crippen LogP) is 1.76. The van der Waals surface area contributed by atoms with Crippen LogP contribution < -0.4 is 22.1 Å². The summed E-state index contributed by atoms with van der Waals surface area (Å²) < 4.78 is 0. The molecule has 1 amide bonds. The lowest BCUT2D eigenvalue weighted by atomic mass is 9.72. The highest BCUT2D eigenvalue weighted by atomic mass is 35.5. The van der Waals surface area contributed by atoms with Crippen molar-refractivity contribution in [1.29, 1.82) is 0 Å². The predicted molar refractivity (Wildman–Crippen MR) is 121 cm³/mol. The molecule has 164 valence electrons. The van der Waals surface area contributed by atoms with E-state index in [0.29, 0.717) is 34.8 Å². The molecule has 3 saturated heterocycles. The van der Waals surface area contributed by atoms with Gasteiger partial charge in [0.2, 0.25) is 5.91 Å². The number of nitrogens with zero attached hydrogens (tertiary/aromatic N) is 5. The summed E-state index contributed by atoms with van der Waals surface area (Å²) in [7, 11) is 0. The number of pyridine rings is 1. The molecule has 3 aliphatic heterocycles. The molecule has 3 aliphatic rings. The number of hydrogen-bond acceptors (Lipinski definition) is 9. The van der Waals surface area contributed by atoms with Crippen LogP contribution in [0, 0.1) is 5.41 Å². The molecule has 0 bridgehead atoms. The number of nitrogens with two attached hydrogens (primary N) is 3. The maximum Gasteiger partial charge on any atom is 0.230 e. The number of anilines is 3. The van der Waals surface area contributed by atoms with Crippen molar-refractivity contribution in [3.05, 3.63) is 23.5 Å². The second-order valence-electron chi connectivity index (χ2n) is 8.41. The fourth-order valence-electron chi connectivity index (χ4n) is 5.13. The number of halogens is 1. The van der Waals surface area contributed by atoms with Crippen molar-refractivity contribution in [2.75, 3.05) is 36.0 Å². The standard InChI is InChI=1S/C20H25ClN8OS/c21-14-12(3-6-25-16(14)23)31-18-17(24)27-13(10-26-18)28-8-4-20(5-9-28)15(22)11-2-1-7-29(11)19(20)30/h3,6,10-11,15H,1-2,4-5,7-9,22H2,(H2,23,25)(H2,24,27). The lowest BCUT2D eigenvalue weighted by Gasteiger charge is -2.41. The Hall–Kier alpha value is -2.30. The fourth-order valence-corrected chi connectivity index (χ4v) is 6.15. The van der Waals surface area contributed by atoms with Crippen molar-refractivity contribution in [1.82, 2.24) is 19.9 Å². The third-order valence-corrected chi connectivity index (χ3v) is 8.43. The van der Waals surface area contributed by atoms with E-state index in [2.05, 4.69) is 19.9 Å². The summed E-state index contributed by atoms with van der Waals surface area (Å²) in [5.41, 5.74) is 18.1. The molecule has 11 heteroatoms. The summed E-state index contributed by atoms with van der Waals surface area (Å²) in [6.45, 7) is 2.25. The Bertz CT molecular complexity index is 1030. The Labute approximate surface area is 189 Å². The zero-order chi connectivity index (χ0) is 21.8. The zero-order valence-electron chi connectivity index (χ0n) is 17.0. The molecule has 0 saturated carbocycles. The minimum atomic E-state index is -0.436. The van der Waals surface area contributed by atoms with E-state index in [1.165, 1.54) is 11.8 Å². The maximum absolute atomic E-state index is 13.1. The number of fused-ring (bicyclic) bond motifs is 1. The second kappa shape index (κ2) is 7.68. The molecular weight excluding hydrogens is 436 g/mol. The van der Waals surface area contributed by atoms with Crippen LogP contribution in [-0.2, 0) is 4.79 Å². The molecule has 0 aromatic carbocycles. The van der Waals surface area contributed by atoms with Gasteiger partial charge >= 0.3 is 0 Å². The Morgan fingerprint density at radius 3 is 2.65 bits per heavy atom. The van der Waals surface area contributed by atoms with Crippen LogP contribution in [0.3, 0.4) is 0 Å². The van der Waals surface area contributed by atoms with Gasteiger partial charge in [-0.05, 0) is 31.7 Å². The van der Waals surface area contributed by atoms with Gasteiger partial charge in [0, 0.05) is 42.8 Å². The van der Waals surface area contributed by atoms with Gasteiger partial charge in [-0.1, -0.05) is 23.4 Å². The van der Waals surface area contributed by atoms with Gasteiger partial charge in [-0.3, -0.25) is 4.79 Å². The Balaban J connectivity index is 1.30. The number of carbonyl (C=O) groups is 1. The molecule has 2 atom stereocenters. The van der Waals surface area contributed by atoms with E-state index in [1.54, 1.807) is 18.5 Å². The van der Waals surface area contributed by atoms with Crippen LogP contribution in [0.5, 0.6) is 0 Å². The summed E-state index contributed by atoms with van der Waals surface area (Å²) in [6.07, 6.45) is 6.83. The molecule has 1 spiro atoms. The Morgan fingerprint density at radius 1 is 1.16 bits per heavy atom. The first kappa shape index (κ1) is 20.6. The van der Waals surface area contributed by atoms with Crippen LogP contribution in [-0.4, -0.2) is 57.5 Å². The maximum atomic E-state index is 13.1. The minimum Gasteiger partial charge on any atom is -0.382 e. The van der Waals surface area contributed by atoms with E-state index < -0.39 is 5.41 Å². The Kier molecular flexibility index (Phi) is 5.10. The highest BCUT2D eigenvalue weighted by Crippen LogP contribution is 2.47. The van der Waals surface area contributed by atoms with E-state index in [1.807, 2.05) is 4.90 Å². The van der Waals surface area contributed by atoms with Crippen LogP contribution in [0.1, 0.15) is 25.7 Å². The smallest absolute Gasteiger partial charge is 0.230 e. The van der Waals surface area contributed by atoms with E-state index in [9.17, 15) is 4.79 Å². The average Bonchev–Trinajstić information content (AvgIpc) is 3.32. The number of rotatable bonds is 3. The quantitative estimate of drug-likeness (QED) is 0.624. The topological polar surface area (TPSA) is 140 Å². The van der Waals surface area contributed by atoms with Crippen LogP contribution >= 0.6 is 23.4 Å². The van der Waals surface area contributed by atoms with Gasteiger partial charge in [-0.25, -0.2) is 15.0 Å². The van der Waals surface area contributed by atoms with Crippen molar-refractivity contribution in [2.24, 2.45) is 11.1 Å². The number of hydrogen-bond donors (Lipinski definition) is 3. The molecule has 6 N–H and O–H groups in total. The van der Waals surface area contributed by atoms with Crippen LogP contribution in [0.4, 0.5) is 17.5 Å². The van der Waals surface area contributed by atoms with Gasteiger partial charge < -0.3 is 27.0 Å². The number of nitrogen functional groups attached to an aromatic ring is 2. The van der Waals surface area contributed by atoms with Crippen molar-refractivity contribution in [3.63, 3.8) is 0 Å². The molecule has 0 radical (unpaired) electrons. The van der Waals surface area contributed by atoms with Gasteiger partial charge in [0.25, 0.3) is 0 Å². The summed E-state index contributed by atoms with van der Waals surface area (Å²) >= 11 is 7.52. The van der Waals surface area contributed by atoms with E-state index >= 15 is 0 Å². The first-order valence-electron chi connectivity index (χ1n) is 10.4. The number of carbonyl (C=O) groups excluding carboxylic acids is 1. The van der Waals surface area contributed by atoms with Crippen molar-refractivity contribution in [2.45, 2.75) is 47.7 Å². The third-order valence-electron chi connectivity index (χ3n) is 6.86. The molecule has 31 heavy (non-hydrogen) atoms. The molecule has 5 heterocycles. The first-order chi connectivity index (χ1) is 14.9. The molecule has 9 nitrogen and oxygen atoms in total. The van der Waals surface area contributed by atoms with E-state index in [0.717, 1.165) is 37.1 Å². The fraction of sp³-hybridized carbons (Fsp3) is 0.500. The minimum absolute atomic E-state index is 0.0860. The molecule has 2 aromatic rings. The molecule has 2 unspecified atom stereocenters. The lowest BCUT2D eigenvalue weighted by molar-refractivity contribution is -0.137. The number of piperidine rings is 1. The summed E-state index contributed by atoms with van der Waals surface area (Å²) in [5, 5.41) is 0.926. The first-order valence-corrected chi connectivity index (χ1v) is 11.6. The molecule has 0 aliphatic carbocycles. The van der Waals surface area contributed by atoms with Crippen molar-refractivity contribution >= 4 is 46.7 Å². The highest BCUT2D eigenvalue weighted by molar-refractivity contribution is 7.99. The largest absolute Gasteiger partial charge is 0.382 e. The molecule has 5 rings (SSSR count). The van der Waals surface area contributed by atoms with Gasteiger partial charge in [-0.15, -0.1) is 0 Å². The monoisotopic (exact) mass is 460 g/mol. The van der Waals surface area contributed by atoms with E-state index in [4.69, 9.17) is 28.8 Å². The van der Waals surface area contributed by atoms with Crippen LogP contribution in [0.25, 0.3) is 0 Å². The van der Waals surface area contributed by atoms with Crippen LogP contribution in [0.15, 0.2) is 28.4 Å². The van der Waals surface area contributed by atoms with Gasteiger partial charge in [0.1, 0.15) is 16.7 Å². The summed E-state index contributed by atoms with van der Waals surface area (Å²) in [6, 6.07) is 1.88. The van der Waals surface area contributed by atoms with Gasteiger partial charge in [0.05, 0.1) is 16.6 Å². The highest BCUT2D eigenvalue weighted by Gasteiger charge is 2.59. The lowest BCUT2D eigenvalue weighted by Crippen LogP contribution is -2.52. The SMILES string of the molecule is Nc1nc(N2CCC3(CC2)C(=O)N2CCCC2C3N)cnc1Sc1ccnc(N)c1Cl. The van der Waals surface area contributed by atoms with Gasteiger partial charge in [0.15, 0.2) is 5.82 Å². The van der Waals surface area contributed by atoms with Crippen LogP contribution in [0.2, 0.25) is 5.02 Å². The van der Waals surface area contributed by atoms with E-state index in [-0.39, 0.29) is 23.8 Å². The Morgan fingerprint density at radius 2 is 1.94 bits per heavy atom. The number of amides is 1. The van der Waals surface area contributed by atoms with Gasteiger partial charge in [-0.2, -0.15) is 0 Å². The second-order valence-corrected chi connectivity index (χ2v) is 9.81. The number of aromatic nitrogens is 3. The average molecular weight is 461 g/mol. The summed E-state index contributed by atoms with van der Waals surface area (Å²) in [4.78, 5) is 31.0. The van der Waals surface area contributed by atoms with Crippen molar-refractivity contribution < 1.29 is 4.79 Å². The zero-order valence-corrected chi connectivity index (χ0v) is 18.6. The molecule has 2 aromatic heterocycles. The summed E-state index contributed by atoms with van der Waals surface area (Å²) in [5.74, 6) is 1.53. The van der Waals surface area contributed by atoms with Crippen molar-refractivity contribution in [3.8, 4) is 0 Å².